The maximum absolute atomic E-state index is 11.7. The summed E-state index contributed by atoms with van der Waals surface area (Å²) in [6.07, 6.45) is 6.56. The summed E-state index contributed by atoms with van der Waals surface area (Å²) in [6, 6.07) is 3.97. The summed E-state index contributed by atoms with van der Waals surface area (Å²) in [5.74, 6) is 0.564. The van der Waals surface area contributed by atoms with Crippen molar-refractivity contribution in [2.45, 2.75) is 0 Å². The van der Waals surface area contributed by atoms with Crippen LogP contribution in [0.25, 0.3) is 0 Å². The summed E-state index contributed by atoms with van der Waals surface area (Å²) < 4.78 is 28.5. The molecule has 4 rings (SSSR count). The van der Waals surface area contributed by atoms with Crippen molar-refractivity contribution in [2.75, 3.05) is 44.4 Å². The van der Waals surface area contributed by atoms with Crippen molar-refractivity contribution in [3.8, 4) is 0 Å². The first kappa shape index (κ1) is 19.9. The standard InChI is InChI=1S/C14H20N7O3S2.H2O/c1-17-5-7-19(8-6-17)21-10-9-18(14-4-3-11-25-14)12-13(21)15-16-20(21)24-26(2,22)23;/h3-4,9-12H,5-8H2,1-2H3;1H2/q+1;. The fraction of sp³-hybridized carbons (Fsp3) is 0.429. The molecular formula is C14H22N7O4S2+. The number of likely N-dealkylation sites (N-methyl/N-ethyl adjacent to an activating group) is 1. The Kier molecular flexibility index (Phi) is 5.36. The predicted octanol–water partition coefficient (Wildman–Crippen LogP) is 0.482. The Morgan fingerprint density at radius 2 is 2.00 bits per heavy atom. The van der Waals surface area contributed by atoms with Crippen LogP contribution in [0.15, 0.2) is 52.3 Å². The van der Waals surface area contributed by atoms with Gasteiger partial charge in [0.2, 0.25) is 0 Å². The maximum Gasteiger partial charge on any atom is 0.318 e. The quantitative estimate of drug-likeness (QED) is 0.656. The Morgan fingerprint density at radius 1 is 1.26 bits per heavy atom. The maximum atomic E-state index is 11.7. The van der Waals surface area contributed by atoms with Crippen LogP contribution in [0.4, 0.5) is 5.00 Å². The molecule has 0 spiro atoms. The average molecular weight is 417 g/mol. The lowest BCUT2D eigenvalue weighted by molar-refractivity contribution is -1.08. The number of nitrogens with zero attached hydrogens (tertiary/aromatic N) is 7. The molecule has 1 aromatic heterocycles. The van der Waals surface area contributed by atoms with Crippen LogP contribution in [0.3, 0.4) is 0 Å². The van der Waals surface area contributed by atoms with Gasteiger partial charge in [-0.05, 0) is 29.3 Å². The highest BCUT2D eigenvalue weighted by Crippen LogP contribution is 2.39. The lowest BCUT2D eigenvalue weighted by Crippen LogP contribution is -2.66. The predicted molar refractivity (Wildman–Crippen MR) is 99.6 cm³/mol. The molecule has 1 unspecified atom stereocenters. The molecule has 11 nitrogen and oxygen atoms in total. The summed E-state index contributed by atoms with van der Waals surface area (Å²) in [4.78, 5) is 4.16. The fourth-order valence-corrected chi connectivity index (χ4v) is 4.13. The highest BCUT2D eigenvalue weighted by atomic mass is 32.2. The monoisotopic (exact) mass is 416 g/mol. The molecular weight excluding hydrogens is 394 g/mol. The van der Waals surface area contributed by atoms with E-state index in [1.807, 2.05) is 41.0 Å². The minimum Gasteiger partial charge on any atom is -0.412 e. The van der Waals surface area contributed by atoms with Crippen LogP contribution in [0.5, 0.6) is 0 Å². The molecule has 0 bridgehead atoms. The van der Waals surface area contributed by atoms with Crippen LogP contribution in [0.2, 0.25) is 0 Å². The number of hydrogen-bond donors (Lipinski definition) is 0. The number of quaternary nitrogens is 1. The Hall–Kier alpha value is -1.87. The number of thiophene rings is 1. The van der Waals surface area contributed by atoms with E-state index in [0.717, 1.165) is 29.6 Å². The highest BCUT2D eigenvalue weighted by Gasteiger charge is 2.55. The normalized spacial score (nSPS) is 26.1. The molecule has 1 fully saturated rings. The first-order valence-electron chi connectivity index (χ1n) is 8.07. The van der Waals surface area contributed by atoms with Crippen LogP contribution in [0, 0.1) is 0 Å². The molecule has 0 saturated carbocycles. The number of fused-ring (bicyclic) bond motifs is 1. The summed E-state index contributed by atoms with van der Waals surface area (Å²) >= 11 is 1.60. The van der Waals surface area contributed by atoms with Gasteiger partial charge in [0.05, 0.1) is 42.0 Å². The molecule has 0 aliphatic carbocycles. The fourth-order valence-electron chi connectivity index (χ4n) is 3.06. The molecule has 13 heteroatoms. The number of rotatable bonds is 4. The molecule has 1 aromatic rings. The molecule has 1 atom stereocenters. The van der Waals surface area contributed by atoms with Crippen molar-refractivity contribution in [2.24, 2.45) is 10.3 Å². The minimum absolute atomic E-state index is 0. The Labute approximate surface area is 161 Å². The zero-order valence-corrected chi connectivity index (χ0v) is 16.6. The first-order chi connectivity index (χ1) is 12.4. The molecule has 0 radical (unpaired) electrons. The van der Waals surface area contributed by atoms with E-state index in [4.69, 9.17) is 4.28 Å². The highest BCUT2D eigenvalue weighted by molar-refractivity contribution is 7.85. The van der Waals surface area contributed by atoms with E-state index in [2.05, 4.69) is 27.3 Å². The largest absolute Gasteiger partial charge is 0.412 e. The Bertz CT molecular complexity index is 862. The van der Waals surface area contributed by atoms with E-state index in [0.29, 0.717) is 18.9 Å². The van der Waals surface area contributed by atoms with Crippen molar-refractivity contribution in [1.29, 1.82) is 0 Å². The van der Waals surface area contributed by atoms with Gasteiger partial charge in [0.15, 0.2) is 6.20 Å². The van der Waals surface area contributed by atoms with Crippen molar-refractivity contribution >= 4 is 26.5 Å². The van der Waals surface area contributed by atoms with Crippen LogP contribution in [-0.2, 0) is 14.4 Å². The van der Waals surface area contributed by atoms with E-state index in [-0.39, 0.29) is 10.2 Å². The second-order valence-corrected chi connectivity index (χ2v) is 8.75. The van der Waals surface area contributed by atoms with Gasteiger partial charge in [-0.15, -0.1) is 16.3 Å². The molecule has 1 saturated heterocycles. The van der Waals surface area contributed by atoms with Gasteiger partial charge in [0.1, 0.15) is 0 Å². The molecule has 0 aromatic carbocycles. The lowest BCUT2D eigenvalue weighted by Gasteiger charge is -2.43. The second-order valence-electron chi connectivity index (χ2n) is 6.27. The van der Waals surface area contributed by atoms with Crippen LogP contribution in [0.1, 0.15) is 0 Å². The minimum atomic E-state index is -3.76. The number of piperazine rings is 1. The van der Waals surface area contributed by atoms with Gasteiger partial charge in [-0.1, -0.05) is 9.40 Å². The molecule has 148 valence electrons. The van der Waals surface area contributed by atoms with Crippen molar-refractivity contribution in [3.05, 3.63) is 41.9 Å². The summed E-state index contributed by atoms with van der Waals surface area (Å²) in [6.45, 7) is 3.13. The topological polar surface area (TPSA) is 113 Å². The molecule has 27 heavy (non-hydrogen) atoms. The van der Waals surface area contributed by atoms with Gasteiger partial charge in [-0.2, -0.15) is 8.42 Å². The average Bonchev–Trinajstić information content (AvgIpc) is 3.23. The van der Waals surface area contributed by atoms with E-state index in [9.17, 15) is 8.42 Å². The van der Waals surface area contributed by atoms with Gasteiger partial charge in [0.25, 0.3) is 10.1 Å². The molecule has 4 heterocycles. The molecule has 3 aliphatic heterocycles. The third-order valence-electron chi connectivity index (χ3n) is 4.38. The lowest BCUT2D eigenvalue weighted by atomic mass is 10.3. The van der Waals surface area contributed by atoms with E-state index >= 15 is 0 Å². The van der Waals surface area contributed by atoms with E-state index in [1.165, 1.54) is 0 Å². The van der Waals surface area contributed by atoms with Crippen LogP contribution in [-0.4, -0.2) is 73.3 Å². The van der Waals surface area contributed by atoms with E-state index in [1.54, 1.807) is 11.3 Å². The molecule has 0 amide bonds. The summed E-state index contributed by atoms with van der Waals surface area (Å²) in [5, 5.41) is 14.3. The number of anilines is 1. The SMILES string of the molecule is CN1CCN([N+]23C=CN(c4cccs4)C=C2N=NN3OS(C)(=O)=O)CC1.O. The molecule has 2 N–H and O–H groups in total. The third kappa shape index (κ3) is 3.62. The van der Waals surface area contributed by atoms with Crippen molar-refractivity contribution < 1.29 is 22.9 Å². The summed E-state index contributed by atoms with van der Waals surface area (Å²) in [5.41, 5.74) is 0. The van der Waals surface area contributed by atoms with Gasteiger partial charge in [0, 0.05) is 18.3 Å². The zero-order valence-electron chi connectivity index (χ0n) is 15.0. The second kappa shape index (κ2) is 7.27. The third-order valence-corrected chi connectivity index (χ3v) is 5.67. The van der Waals surface area contributed by atoms with Gasteiger partial charge < -0.3 is 15.3 Å². The van der Waals surface area contributed by atoms with E-state index < -0.39 is 10.1 Å². The summed E-state index contributed by atoms with van der Waals surface area (Å²) in [7, 11) is -1.70. The van der Waals surface area contributed by atoms with Crippen LogP contribution < -0.4 is 4.90 Å². The van der Waals surface area contributed by atoms with Crippen molar-refractivity contribution in [3.63, 3.8) is 0 Å². The zero-order chi connectivity index (χ0) is 18.4. The van der Waals surface area contributed by atoms with Crippen LogP contribution >= 0.6 is 11.3 Å². The van der Waals surface area contributed by atoms with Crippen molar-refractivity contribution in [1.82, 2.24) is 15.2 Å². The Balaban J connectivity index is 0.00000210. The first-order valence-corrected chi connectivity index (χ1v) is 10.8. The van der Waals surface area contributed by atoms with Gasteiger partial charge in [-0.3, -0.25) is 0 Å². The molecule has 3 aliphatic rings. The number of hydrogen-bond acceptors (Lipinski definition) is 10. The van der Waals surface area contributed by atoms with Gasteiger partial charge in [-0.25, -0.2) is 0 Å². The Morgan fingerprint density at radius 3 is 2.63 bits per heavy atom. The smallest absolute Gasteiger partial charge is 0.318 e. The van der Waals surface area contributed by atoms with Gasteiger partial charge >= 0.3 is 5.82 Å².